The van der Waals surface area contributed by atoms with E-state index in [0.29, 0.717) is 18.8 Å². The highest BCUT2D eigenvalue weighted by Gasteiger charge is 2.10. The number of furan rings is 1. The summed E-state index contributed by atoms with van der Waals surface area (Å²) in [6.07, 6.45) is 2.44. The van der Waals surface area contributed by atoms with Crippen molar-refractivity contribution in [3.8, 4) is 5.75 Å². The predicted octanol–water partition coefficient (Wildman–Crippen LogP) is 3.38. The number of aromatic hydroxyl groups is 1. The topological polar surface area (TPSA) is 54.6 Å². The number of nitrogens with one attached hydrogen (secondary N) is 1. The molecule has 114 valence electrons. The molecule has 1 unspecified atom stereocenters. The third-order valence-electron chi connectivity index (χ3n) is 3.19. The molecule has 5 heteroatoms. The van der Waals surface area contributed by atoms with Gasteiger partial charge in [-0.15, -0.1) is 0 Å². The Kier molecular flexibility index (Phi) is 5.78. The van der Waals surface area contributed by atoms with Crippen LogP contribution < -0.4 is 5.32 Å². The van der Waals surface area contributed by atoms with Crippen LogP contribution in [0.4, 0.5) is 4.39 Å². The second-order valence-electron chi connectivity index (χ2n) is 4.87. The Labute approximate surface area is 123 Å². The Morgan fingerprint density at radius 1 is 1.38 bits per heavy atom. The van der Waals surface area contributed by atoms with Gasteiger partial charge in [0.2, 0.25) is 0 Å². The van der Waals surface area contributed by atoms with E-state index in [2.05, 4.69) is 5.32 Å². The molecule has 0 fully saturated rings. The quantitative estimate of drug-likeness (QED) is 0.733. The number of rotatable bonds is 8. The van der Waals surface area contributed by atoms with E-state index in [-0.39, 0.29) is 11.8 Å². The van der Waals surface area contributed by atoms with E-state index in [1.807, 2.05) is 19.1 Å². The van der Waals surface area contributed by atoms with Gasteiger partial charge in [-0.3, -0.25) is 0 Å². The van der Waals surface area contributed by atoms with Crippen molar-refractivity contribution in [2.45, 2.75) is 26.0 Å². The molecule has 0 saturated carbocycles. The number of hydrogen-bond donors (Lipinski definition) is 2. The highest BCUT2D eigenvalue weighted by molar-refractivity contribution is 5.29. The summed E-state index contributed by atoms with van der Waals surface area (Å²) >= 11 is 0. The fraction of sp³-hybridized carbons (Fsp3) is 0.375. The average Bonchev–Trinajstić information content (AvgIpc) is 2.95. The van der Waals surface area contributed by atoms with Crippen molar-refractivity contribution in [3.05, 3.63) is 53.7 Å². The largest absolute Gasteiger partial charge is 0.508 e. The van der Waals surface area contributed by atoms with Crippen molar-refractivity contribution < 1.29 is 18.7 Å². The summed E-state index contributed by atoms with van der Waals surface area (Å²) in [7, 11) is 0. The molecular formula is C16H20FNO3. The van der Waals surface area contributed by atoms with Crippen LogP contribution >= 0.6 is 0 Å². The molecule has 4 nitrogen and oxygen atoms in total. The van der Waals surface area contributed by atoms with Crippen LogP contribution in [0.3, 0.4) is 0 Å². The van der Waals surface area contributed by atoms with Crippen LogP contribution in [0.15, 0.2) is 41.0 Å². The van der Waals surface area contributed by atoms with Crippen molar-refractivity contribution >= 4 is 0 Å². The molecule has 2 aromatic rings. The molecule has 1 heterocycles. The number of ether oxygens (including phenoxy) is 1. The van der Waals surface area contributed by atoms with Gasteiger partial charge in [0, 0.05) is 24.3 Å². The van der Waals surface area contributed by atoms with E-state index in [1.165, 1.54) is 6.07 Å². The van der Waals surface area contributed by atoms with Crippen molar-refractivity contribution in [3.63, 3.8) is 0 Å². The minimum absolute atomic E-state index is 0.0604. The summed E-state index contributed by atoms with van der Waals surface area (Å²) in [6, 6.07) is 7.79. The Balaban J connectivity index is 1.63. The van der Waals surface area contributed by atoms with E-state index in [4.69, 9.17) is 9.15 Å². The maximum atomic E-state index is 13.7. The summed E-state index contributed by atoms with van der Waals surface area (Å²) in [5, 5.41) is 12.4. The van der Waals surface area contributed by atoms with Gasteiger partial charge in [-0.2, -0.15) is 0 Å². The highest BCUT2D eigenvalue weighted by Crippen LogP contribution is 2.20. The average molecular weight is 293 g/mol. The van der Waals surface area contributed by atoms with E-state index < -0.39 is 5.82 Å². The van der Waals surface area contributed by atoms with Crippen LogP contribution in [0, 0.1) is 5.82 Å². The highest BCUT2D eigenvalue weighted by atomic mass is 19.1. The Morgan fingerprint density at radius 2 is 2.24 bits per heavy atom. The molecule has 2 rings (SSSR count). The molecule has 1 atom stereocenters. The number of benzene rings is 1. The van der Waals surface area contributed by atoms with Gasteiger partial charge in [0.25, 0.3) is 0 Å². The van der Waals surface area contributed by atoms with Crippen LogP contribution in [0.25, 0.3) is 0 Å². The number of halogens is 1. The van der Waals surface area contributed by atoms with Crippen molar-refractivity contribution in [1.82, 2.24) is 5.32 Å². The summed E-state index contributed by atoms with van der Waals surface area (Å²) in [5.74, 6) is 0.348. The fourth-order valence-corrected chi connectivity index (χ4v) is 2.04. The normalized spacial score (nSPS) is 12.5. The number of phenols is 1. The van der Waals surface area contributed by atoms with Gasteiger partial charge in [0.1, 0.15) is 23.9 Å². The SMILES string of the molecule is CC(NCCCOCc1ccco1)c1ccc(O)cc1F. The first kappa shape index (κ1) is 15.5. The molecular weight excluding hydrogens is 273 g/mol. The van der Waals surface area contributed by atoms with Crippen molar-refractivity contribution in [2.75, 3.05) is 13.2 Å². The third-order valence-corrected chi connectivity index (χ3v) is 3.19. The minimum Gasteiger partial charge on any atom is -0.508 e. The second kappa shape index (κ2) is 7.81. The van der Waals surface area contributed by atoms with E-state index >= 15 is 0 Å². The van der Waals surface area contributed by atoms with Gasteiger partial charge in [0.05, 0.1) is 6.26 Å². The predicted molar refractivity (Wildman–Crippen MR) is 77.5 cm³/mol. The summed E-state index contributed by atoms with van der Waals surface area (Å²) in [5.41, 5.74) is 0.546. The Bertz CT molecular complexity index is 542. The van der Waals surface area contributed by atoms with E-state index in [1.54, 1.807) is 12.3 Å². The standard InChI is InChI=1S/C16H20FNO3/c1-12(15-6-5-13(19)10-16(15)17)18-7-3-8-20-11-14-4-2-9-21-14/h2,4-6,9-10,12,18-19H,3,7-8,11H2,1H3. The molecule has 0 radical (unpaired) electrons. The van der Waals surface area contributed by atoms with Crippen LogP contribution in [-0.4, -0.2) is 18.3 Å². The third kappa shape index (κ3) is 4.88. The molecule has 0 aliphatic carbocycles. The van der Waals surface area contributed by atoms with E-state index in [9.17, 15) is 9.50 Å². The summed E-state index contributed by atoms with van der Waals surface area (Å²) < 4.78 is 24.3. The van der Waals surface area contributed by atoms with Crippen LogP contribution in [0.1, 0.15) is 30.7 Å². The summed E-state index contributed by atoms with van der Waals surface area (Å²) in [4.78, 5) is 0. The lowest BCUT2D eigenvalue weighted by molar-refractivity contribution is 0.103. The van der Waals surface area contributed by atoms with Crippen LogP contribution in [0.2, 0.25) is 0 Å². The molecule has 0 bridgehead atoms. The molecule has 1 aromatic carbocycles. The Morgan fingerprint density at radius 3 is 2.95 bits per heavy atom. The number of hydrogen-bond acceptors (Lipinski definition) is 4. The fourth-order valence-electron chi connectivity index (χ4n) is 2.04. The number of phenolic OH excluding ortho intramolecular Hbond substituents is 1. The van der Waals surface area contributed by atoms with Gasteiger partial charge in [-0.1, -0.05) is 6.07 Å². The molecule has 1 aromatic heterocycles. The van der Waals surface area contributed by atoms with Gasteiger partial charge in [-0.05, 0) is 38.1 Å². The maximum absolute atomic E-state index is 13.7. The van der Waals surface area contributed by atoms with Gasteiger partial charge >= 0.3 is 0 Å². The lowest BCUT2D eigenvalue weighted by Crippen LogP contribution is -2.21. The van der Waals surface area contributed by atoms with Gasteiger partial charge < -0.3 is 19.6 Å². The minimum atomic E-state index is -0.399. The smallest absolute Gasteiger partial charge is 0.131 e. The first-order chi connectivity index (χ1) is 10.2. The zero-order chi connectivity index (χ0) is 15.1. The lowest BCUT2D eigenvalue weighted by Gasteiger charge is -2.15. The van der Waals surface area contributed by atoms with E-state index in [0.717, 1.165) is 24.8 Å². The zero-order valence-electron chi connectivity index (χ0n) is 12.0. The molecule has 0 spiro atoms. The van der Waals surface area contributed by atoms with Gasteiger partial charge in [0.15, 0.2) is 0 Å². The first-order valence-corrected chi connectivity index (χ1v) is 6.98. The lowest BCUT2D eigenvalue weighted by atomic mass is 10.1. The summed E-state index contributed by atoms with van der Waals surface area (Å²) in [6.45, 7) is 3.69. The molecule has 0 aliphatic heterocycles. The second-order valence-corrected chi connectivity index (χ2v) is 4.87. The molecule has 21 heavy (non-hydrogen) atoms. The molecule has 2 N–H and O–H groups in total. The van der Waals surface area contributed by atoms with Crippen LogP contribution in [-0.2, 0) is 11.3 Å². The van der Waals surface area contributed by atoms with Gasteiger partial charge in [-0.25, -0.2) is 4.39 Å². The molecule has 0 saturated heterocycles. The monoisotopic (exact) mass is 293 g/mol. The van der Waals surface area contributed by atoms with Crippen molar-refractivity contribution in [1.29, 1.82) is 0 Å². The molecule has 0 aliphatic rings. The maximum Gasteiger partial charge on any atom is 0.131 e. The van der Waals surface area contributed by atoms with Crippen molar-refractivity contribution in [2.24, 2.45) is 0 Å². The zero-order valence-corrected chi connectivity index (χ0v) is 12.0. The Hall–Kier alpha value is -1.85. The first-order valence-electron chi connectivity index (χ1n) is 6.98. The van der Waals surface area contributed by atoms with Crippen LogP contribution in [0.5, 0.6) is 5.75 Å². The molecule has 0 amide bonds.